The van der Waals surface area contributed by atoms with Gasteiger partial charge in [-0.15, -0.1) is 0 Å². The molecule has 1 aromatic heterocycles. The number of nitriles is 1. The van der Waals surface area contributed by atoms with Crippen molar-refractivity contribution < 1.29 is 5.11 Å². The van der Waals surface area contributed by atoms with Crippen molar-refractivity contribution in [2.45, 2.75) is 32.7 Å². The lowest BCUT2D eigenvalue weighted by Crippen LogP contribution is -2.38. The Morgan fingerprint density at radius 2 is 2.17 bits per heavy atom. The van der Waals surface area contributed by atoms with Gasteiger partial charge in [-0.3, -0.25) is 0 Å². The predicted octanol–water partition coefficient (Wildman–Crippen LogP) is 1.52. The van der Waals surface area contributed by atoms with E-state index in [9.17, 15) is 5.11 Å². The van der Waals surface area contributed by atoms with Crippen LogP contribution in [0.3, 0.4) is 0 Å². The second-order valence-corrected chi connectivity index (χ2v) is 4.09. The molecule has 0 atom stereocenters. The molecule has 0 unspecified atom stereocenters. The van der Waals surface area contributed by atoms with Crippen molar-refractivity contribution >= 4 is 11.5 Å². The van der Waals surface area contributed by atoms with Crippen LogP contribution in [-0.4, -0.2) is 29.3 Å². The lowest BCUT2D eigenvalue weighted by atomic mass is 10.1. The van der Waals surface area contributed by atoms with Crippen molar-refractivity contribution in [3.05, 3.63) is 17.8 Å². The summed E-state index contributed by atoms with van der Waals surface area (Å²) in [6.07, 6.45) is 3.46. The number of pyridine rings is 1. The van der Waals surface area contributed by atoms with Crippen LogP contribution in [-0.2, 0) is 0 Å². The van der Waals surface area contributed by atoms with Crippen LogP contribution >= 0.6 is 0 Å². The third-order valence-electron chi connectivity index (χ3n) is 3.09. The minimum atomic E-state index is 0.0361. The Morgan fingerprint density at radius 1 is 1.50 bits per heavy atom. The molecular formula is C13H20N4O. The maximum absolute atomic E-state index is 9.18. The molecule has 0 amide bonds. The van der Waals surface area contributed by atoms with Gasteiger partial charge in [0.05, 0.1) is 17.9 Å². The number of hydrogen-bond donors (Lipinski definition) is 2. The van der Waals surface area contributed by atoms with E-state index < -0.39 is 0 Å². The first-order chi connectivity index (χ1) is 8.69. The summed E-state index contributed by atoms with van der Waals surface area (Å²) < 4.78 is 0. The first kappa shape index (κ1) is 14.3. The van der Waals surface area contributed by atoms with Crippen LogP contribution in [0, 0.1) is 11.3 Å². The minimum Gasteiger partial charge on any atom is -0.395 e. The van der Waals surface area contributed by atoms with Gasteiger partial charge in [0, 0.05) is 18.8 Å². The lowest BCUT2D eigenvalue weighted by molar-refractivity contribution is 0.295. The molecule has 0 bridgehead atoms. The van der Waals surface area contributed by atoms with E-state index in [1.807, 2.05) is 4.90 Å². The summed E-state index contributed by atoms with van der Waals surface area (Å²) >= 11 is 0. The van der Waals surface area contributed by atoms with E-state index in [4.69, 9.17) is 11.0 Å². The van der Waals surface area contributed by atoms with Crippen LogP contribution < -0.4 is 10.6 Å². The van der Waals surface area contributed by atoms with Gasteiger partial charge in [0.15, 0.2) is 5.82 Å². The highest BCUT2D eigenvalue weighted by Gasteiger charge is 2.19. The highest BCUT2D eigenvalue weighted by atomic mass is 16.3. The molecule has 5 nitrogen and oxygen atoms in total. The van der Waals surface area contributed by atoms with Crippen LogP contribution in [0.4, 0.5) is 11.5 Å². The van der Waals surface area contributed by atoms with Crippen molar-refractivity contribution in [1.29, 1.82) is 5.26 Å². The molecule has 0 aliphatic heterocycles. The predicted molar refractivity (Wildman–Crippen MR) is 72.2 cm³/mol. The number of nitrogens with zero attached hydrogens (tertiary/aromatic N) is 3. The smallest absolute Gasteiger partial charge is 0.153 e. The molecule has 3 N–H and O–H groups in total. The largest absolute Gasteiger partial charge is 0.395 e. The molecule has 18 heavy (non-hydrogen) atoms. The van der Waals surface area contributed by atoms with Crippen LogP contribution in [0.15, 0.2) is 12.3 Å². The fourth-order valence-electron chi connectivity index (χ4n) is 2.09. The number of nitrogen functional groups attached to an aromatic ring is 1. The van der Waals surface area contributed by atoms with Gasteiger partial charge < -0.3 is 15.7 Å². The first-order valence-corrected chi connectivity index (χ1v) is 6.21. The van der Waals surface area contributed by atoms with Gasteiger partial charge in [0.25, 0.3) is 0 Å². The van der Waals surface area contributed by atoms with E-state index in [1.54, 1.807) is 12.3 Å². The summed E-state index contributed by atoms with van der Waals surface area (Å²) in [5.74, 6) is 0.594. The zero-order valence-electron chi connectivity index (χ0n) is 10.9. The van der Waals surface area contributed by atoms with Crippen LogP contribution in [0.2, 0.25) is 0 Å². The number of aliphatic hydroxyl groups is 1. The topological polar surface area (TPSA) is 86.2 Å². The summed E-state index contributed by atoms with van der Waals surface area (Å²) in [6.45, 7) is 4.68. The van der Waals surface area contributed by atoms with Crippen LogP contribution in [0.1, 0.15) is 32.3 Å². The van der Waals surface area contributed by atoms with E-state index in [1.165, 1.54) is 0 Å². The van der Waals surface area contributed by atoms with E-state index in [-0.39, 0.29) is 12.6 Å². The molecule has 0 saturated heterocycles. The van der Waals surface area contributed by atoms with E-state index >= 15 is 0 Å². The molecule has 0 spiro atoms. The molecule has 0 radical (unpaired) electrons. The molecule has 0 aliphatic rings. The number of aromatic nitrogens is 1. The van der Waals surface area contributed by atoms with Gasteiger partial charge in [0.1, 0.15) is 6.07 Å². The van der Waals surface area contributed by atoms with Gasteiger partial charge >= 0.3 is 0 Å². The Bertz CT molecular complexity index is 423. The fraction of sp³-hybridized carbons (Fsp3) is 0.538. The Labute approximate surface area is 108 Å². The monoisotopic (exact) mass is 248 g/mol. The van der Waals surface area contributed by atoms with E-state index in [0.29, 0.717) is 23.6 Å². The molecule has 98 valence electrons. The quantitative estimate of drug-likeness (QED) is 0.797. The number of aliphatic hydroxyl groups excluding tert-OH is 1. The molecule has 1 heterocycles. The lowest BCUT2D eigenvalue weighted by Gasteiger charge is -2.32. The normalized spacial score (nSPS) is 10.4. The molecule has 0 fully saturated rings. The highest BCUT2D eigenvalue weighted by molar-refractivity contribution is 5.70. The number of nitrogens with two attached hydrogens (primary N) is 1. The highest BCUT2D eigenvalue weighted by Crippen LogP contribution is 2.26. The van der Waals surface area contributed by atoms with Gasteiger partial charge in [-0.1, -0.05) is 13.8 Å². The van der Waals surface area contributed by atoms with Gasteiger partial charge in [0.2, 0.25) is 0 Å². The van der Waals surface area contributed by atoms with Crippen molar-refractivity contribution in [3.8, 4) is 6.07 Å². The average Bonchev–Trinajstić information content (AvgIpc) is 2.39. The number of hydrogen-bond acceptors (Lipinski definition) is 5. The summed E-state index contributed by atoms with van der Waals surface area (Å²) in [5, 5.41) is 18.2. The third-order valence-corrected chi connectivity index (χ3v) is 3.09. The number of rotatable bonds is 6. The van der Waals surface area contributed by atoms with Crippen molar-refractivity contribution in [1.82, 2.24) is 4.98 Å². The molecule has 5 heteroatoms. The Morgan fingerprint density at radius 3 is 2.67 bits per heavy atom. The third kappa shape index (κ3) is 2.90. The second-order valence-electron chi connectivity index (χ2n) is 4.09. The summed E-state index contributed by atoms with van der Waals surface area (Å²) in [5.41, 5.74) is 6.78. The summed E-state index contributed by atoms with van der Waals surface area (Å²) in [7, 11) is 0. The molecule has 0 saturated carbocycles. The minimum absolute atomic E-state index is 0.0361. The van der Waals surface area contributed by atoms with E-state index in [2.05, 4.69) is 24.9 Å². The summed E-state index contributed by atoms with van der Waals surface area (Å²) in [6, 6.07) is 3.92. The van der Waals surface area contributed by atoms with Crippen LogP contribution in [0.5, 0.6) is 0 Å². The average molecular weight is 248 g/mol. The molecule has 0 aromatic carbocycles. The molecule has 1 aromatic rings. The van der Waals surface area contributed by atoms with Crippen molar-refractivity contribution in [2.24, 2.45) is 0 Å². The maximum Gasteiger partial charge on any atom is 0.153 e. The number of anilines is 2. The molecule has 0 aliphatic carbocycles. The first-order valence-electron chi connectivity index (χ1n) is 6.21. The second kappa shape index (κ2) is 6.82. The van der Waals surface area contributed by atoms with Crippen molar-refractivity contribution in [3.63, 3.8) is 0 Å². The van der Waals surface area contributed by atoms with Crippen LogP contribution in [0.25, 0.3) is 0 Å². The maximum atomic E-state index is 9.18. The fourth-order valence-corrected chi connectivity index (χ4v) is 2.09. The Hall–Kier alpha value is -1.80. The molecule has 1 rings (SSSR count). The van der Waals surface area contributed by atoms with Gasteiger partial charge in [-0.25, -0.2) is 4.98 Å². The Kier molecular flexibility index (Phi) is 5.40. The SMILES string of the molecule is CCC(CC)N(CCO)c1nccc(C#N)c1N. The Balaban J connectivity index is 3.17. The summed E-state index contributed by atoms with van der Waals surface area (Å²) in [4.78, 5) is 6.24. The zero-order chi connectivity index (χ0) is 13.5. The van der Waals surface area contributed by atoms with E-state index in [0.717, 1.165) is 12.8 Å². The molecular weight excluding hydrogens is 228 g/mol. The standard InChI is InChI=1S/C13H20N4O/c1-3-11(4-2)17(7-8-18)13-12(15)10(9-14)5-6-16-13/h5-6,11,18H,3-4,7-8,15H2,1-2H3. The van der Waals surface area contributed by atoms with Gasteiger partial charge in [-0.2, -0.15) is 5.26 Å². The zero-order valence-corrected chi connectivity index (χ0v) is 10.9. The van der Waals surface area contributed by atoms with Gasteiger partial charge in [-0.05, 0) is 18.9 Å². The van der Waals surface area contributed by atoms with Crippen molar-refractivity contribution in [2.75, 3.05) is 23.8 Å².